The lowest BCUT2D eigenvalue weighted by molar-refractivity contribution is -0.142. The third-order valence-corrected chi connectivity index (χ3v) is 5.04. The summed E-state index contributed by atoms with van der Waals surface area (Å²) in [6, 6.07) is 5.22. The second-order valence-corrected chi connectivity index (χ2v) is 8.21. The van der Waals surface area contributed by atoms with Crippen LogP contribution in [0.5, 0.6) is 11.8 Å². The molecule has 2 N–H and O–H groups in total. The summed E-state index contributed by atoms with van der Waals surface area (Å²) < 4.78 is 29.7. The highest BCUT2D eigenvalue weighted by molar-refractivity contribution is 7.91. The van der Waals surface area contributed by atoms with Crippen LogP contribution in [0.3, 0.4) is 0 Å². The van der Waals surface area contributed by atoms with Gasteiger partial charge in [-0.25, -0.2) is 8.42 Å². The summed E-state index contributed by atoms with van der Waals surface area (Å²) in [6.45, 7) is 1.48. The number of benzene rings is 1. The van der Waals surface area contributed by atoms with E-state index in [0.29, 0.717) is 0 Å². The molecular weight excluding hydrogens is 393 g/mol. The Hall–Kier alpha value is -1.90. The SMILES string of the molecule is CCOC(=O)C(c1cc(O)n(-c2cc(Cl)cc(Cl)c2)c1O)S(C)(=O)=O. The Balaban J connectivity index is 2.66. The van der Waals surface area contributed by atoms with E-state index in [1.807, 2.05) is 0 Å². The molecule has 0 spiro atoms. The summed E-state index contributed by atoms with van der Waals surface area (Å²) in [4.78, 5) is 12.1. The van der Waals surface area contributed by atoms with E-state index in [2.05, 4.69) is 0 Å². The van der Waals surface area contributed by atoms with Crippen molar-refractivity contribution in [1.82, 2.24) is 4.57 Å². The lowest BCUT2D eigenvalue weighted by atomic mass is 10.2. The molecule has 2 aromatic rings. The molecule has 0 radical (unpaired) electrons. The number of ether oxygens (including phenoxy) is 1. The van der Waals surface area contributed by atoms with Crippen molar-refractivity contribution in [3.8, 4) is 17.4 Å². The topological polar surface area (TPSA) is 106 Å². The first-order valence-corrected chi connectivity index (χ1v) is 9.72. The van der Waals surface area contributed by atoms with Gasteiger partial charge < -0.3 is 14.9 Å². The first-order chi connectivity index (χ1) is 11.6. The second kappa shape index (κ2) is 7.15. The normalized spacial score (nSPS) is 12.8. The van der Waals surface area contributed by atoms with E-state index in [1.165, 1.54) is 25.1 Å². The number of sulfone groups is 1. The lowest BCUT2D eigenvalue weighted by Gasteiger charge is -2.14. The molecule has 1 unspecified atom stereocenters. The van der Waals surface area contributed by atoms with Crippen molar-refractivity contribution in [2.24, 2.45) is 0 Å². The number of esters is 1. The number of carbonyl (C=O) groups is 1. The highest BCUT2D eigenvalue weighted by atomic mass is 35.5. The van der Waals surface area contributed by atoms with E-state index < -0.39 is 32.8 Å². The smallest absolute Gasteiger partial charge is 0.329 e. The molecule has 0 aliphatic heterocycles. The van der Waals surface area contributed by atoms with Gasteiger partial charge in [-0.1, -0.05) is 23.2 Å². The third kappa shape index (κ3) is 4.02. The molecule has 1 atom stereocenters. The van der Waals surface area contributed by atoms with Crippen molar-refractivity contribution < 1.29 is 28.2 Å². The van der Waals surface area contributed by atoms with Crippen LogP contribution < -0.4 is 0 Å². The summed E-state index contributed by atoms with van der Waals surface area (Å²) in [6.07, 6.45) is 0.832. The fourth-order valence-electron chi connectivity index (χ4n) is 2.37. The van der Waals surface area contributed by atoms with Gasteiger partial charge in [-0.3, -0.25) is 9.36 Å². The summed E-state index contributed by atoms with van der Waals surface area (Å²) in [5.74, 6) is -2.19. The third-order valence-electron chi connectivity index (χ3n) is 3.30. The van der Waals surface area contributed by atoms with E-state index in [9.17, 15) is 23.4 Å². The monoisotopic (exact) mass is 407 g/mol. The van der Waals surface area contributed by atoms with E-state index >= 15 is 0 Å². The maximum absolute atomic E-state index is 12.1. The molecule has 0 saturated heterocycles. The van der Waals surface area contributed by atoms with Crippen molar-refractivity contribution in [2.45, 2.75) is 12.2 Å². The van der Waals surface area contributed by atoms with Crippen molar-refractivity contribution in [3.05, 3.63) is 39.9 Å². The molecule has 0 amide bonds. The van der Waals surface area contributed by atoms with Gasteiger partial charge in [0, 0.05) is 27.9 Å². The molecule has 2 rings (SSSR count). The Bertz CT molecular complexity index is 902. The lowest BCUT2D eigenvalue weighted by Crippen LogP contribution is -2.23. The number of aromatic nitrogens is 1. The number of aromatic hydroxyl groups is 2. The summed E-state index contributed by atoms with van der Waals surface area (Å²) in [7, 11) is -3.97. The molecule has 0 saturated carbocycles. The molecule has 7 nitrogen and oxygen atoms in total. The zero-order valence-corrected chi connectivity index (χ0v) is 15.6. The highest BCUT2D eigenvalue weighted by Gasteiger charge is 2.37. The maximum Gasteiger partial charge on any atom is 0.329 e. The Morgan fingerprint density at radius 3 is 2.24 bits per heavy atom. The van der Waals surface area contributed by atoms with Gasteiger partial charge in [0.25, 0.3) is 0 Å². The van der Waals surface area contributed by atoms with Crippen LogP contribution in [-0.2, 0) is 19.4 Å². The molecule has 0 fully saturated rings. The van der Waals surface area contributed by atoms with Gasteiger partial charge in [-0.05, 0) is 25.1 Å². The van der Waals surface area contributed by atoms with Gasteiger partial charge in [0.2, 0.25) is 5.88 Å². The minimum Gasteiger partial charge on any atom is -0.494 e. The van der Waals surface area contributed by atoms with E-state index in [0.717, 1.165) is 16.9 Å². The summed E-state index contributed by atoms with van der Waals surface area (Å²) >= 11 is 11.8. The first kappa shape index (κ1) is 19.4. The average Bonchev–Trinajstić information content (AvgIpc) is 2.71. The van der Waals surface area contributed by atoms with Crippen LogP contribution in [0.2, 0.25) is 10.0 Å². The van der Waals surface area contributed by atoms with Crippen LogP contribution >= 0.6 is 23.2 Å². The highest BCUT2D eigenvalue weighted by Crippen LogP contribution is 2.39. The number of carbonyl (C=O) groups excluding carboxylic acids is 1. The van der Waals surface area contributed by atoms with Crippen LogP contribution in [0.4, 0.5) is 0 Å². The molecule has 1 aromatic heterocycles. The van der Waals surface area contributed by atoms with Crippen molar-refractivity contribution in [1.29, 1.82) is 0 Å². The van der Waals surface area contributed by atoms with Gasteiger partial charge in [-0.15, -0.1) is 0 Å². The van der Waals surface area contributed by atoms with Gasteiger partial charge in [0.15, 0.2) is 21.0 Å². The predicted octanol–water partition coefficient (Wildman–Crippen LogP) is 2.84. The largest absolute Gasteiger partial charge is 0.494 e. The number of rotatable bonds is 5. The molecule has 1 heterocycles. The molecule has 136 valence electrons. The average molecular weight is 408 g/mol. The Morgan fingerprint density at radius 2 is 1.76 bits per heavy atom. The summed E-state index contributed by atoms with van der Waals surface area (Å²) in [5, 5.41) is 19.3. The Kier molecular flexibility index (Phi) is 5.55. The number of hydrogen-bond acceptors (Lipinski definition) is 6. The molecule has 10 heteroatoms. The first-order valence-electron chi connectivity index (χ1n) is 7.01. The molecule has 0 aliphatic rings. The second-order valence-electron chi connectivity index (χ2n) is 5.21. The molecule has 25 heavy (non-hydrogen) atoms. The fraction of sp³-hybridized carbons (Fsp3) is 0.267. The van der Waals surface area contributed by atoms with Crippen LogP contribution in [-0.4, -0.2) is 42.0 Å². The summed E-state index contributed by atoms with van der Waals surface area (Å²) in [5.41, 5.74) is -0.121. The number of nitrogens with zero attached hydrogens (tertiary/aromatic N) is 1. The quantitative estimate of drug-likeness (QED) is 0.737. The minimum atomic E-state index is -3.97. The van der Waals surface area contributed by atoms with Crippen molar-refractivity contribution in [2.75, 3.05) is 12.9 Å². The zero-order chi connectivity index (χ0) is 18.9. The maximum atomic E-state index is 12.1. The van der Waals surface area contributed by atoms with Crippen LogP contribution in [0, 0.1) is 0 Å². The minimum absolute atomic E-state index is 0.0395. The van der Waals surface area contributed by atoms with Crippen LogP contribution in [0.15, 0.2) is 24.3 Å². The van der Waals surface area contributed by atoms with E-state index in [-0.39, 0.29) is 27.9 Å². The van der Waals surface area contributed by atoms with E-state index in [4.69, 9.17) is 27.9 Å². The van der Waals surface area contributed by atoms with Crippen LogP contribution in [0.1, 0.15) is 17.7 Å². The number of halogens is 2. The Morgan fingerprint density at radius 1 is 1.20 bits per heavy atom. The van der Waals surface area contributed by atoms with Gasteiger partial charge in [0.1, 0.15) is 0 Å². The zero-order valence-electron chi connectivity index (χ0n) is 13.2. The van der Waals surface area contributed by atoms with Crippen molar-refractivity contribution in [3.63, 3.8) is 0 Å². The standard InChI is InChI=1S/C15H15Cl2NO6S/c1-3-24-15(21)13(25(2,22)23)11-7-12(19)18(14(11)20)10-5-8(16)4-9(17)6-10/h4-7,13,19-20H,3H2,1-2H3. The molecular formula is C15H15Cl2NO6S. The molecule has 0 bridgehead atoms. The molecule has 0 aliphatic carbocycles. The fourth-order valence-corrected chi connectivity index (χ4v) is 3.94. The predicted molar refractivity (Wildman–Crippen MR) is 93.3 cm³/mol. The molecule has 1 aromatic carbocycles. The van der Waals surface area contributed by atoms with Gasteiger partial charge in [0.05, 0.1) is 12.3 Å². The Labute approximate surface area is 154 Å². The van der Waals surface area contributed by atoms with Crippen molar-refractivity contribution >= 4 is 39.0 Å². The van der Waals surface area contributed by atoms with Gasteiger partial charge >= 0.3 is 5.97 Å². The van der Waals surface area contributed by atoms with Crippen LogP contribution in [0.25, 0.3) is 5.69 Å². The van der Waals surface area contributed by atoms with Gasteiger partial charge in [-0.2, -0.15) is 0 Å². The number of hydrogen-bond donors (Lipinski definition) is 2. The van der Waals surface area contributed by atoms with E-state index in [1.54, 1.807) is 0 Å².